The van der Waals surface area contributed by atoms with Gasteiger partial charge < -0.3 is 0 Å². The molecule has 0 unspecified atom stereocenters. The van der Waals surface area contributed by atoms with Crippen molar-refractivity contribution in [3.63, 3.8) is 0 Å². The number of hydrogen-bond acceptors (Lipinski definition) is 4. The van der Waals surface area contributed by atoms with Crippen molar-refractivity contribution >= 4 is 39.1 Å². The van der Waals surface area contributed by atoms with E-state index in [4.69, 9.17) is 4.98 Å². The fourth-order valence-electron chi connectivity index (χ4n) is 14.4. The molecule has 75 heavy (non-hydrogen) atoms. The highest BCUT2D eigenvalue weighted by atomic mass is 16.1. The Morgan fingerprint density at radius 1 is 0.413 bits per heavy atom. The molecular weight excluding hydrogens is 913 g/mol. The Labute approximate surface area is 437 Å². The van der Waals surface area contributed by atoms with E-state index in [1.165, 1.54) is 100 Å². The van der Waals surface area contributed by atoms with Crippen LogP contribution in [0.4, 0.5) is 17.2 Å². The second-order valence-electron chi connectivity index (χ2n) is 22.3. The topological polar surface area (TPSA) is 51.0 Å². The molecule has 16 rings (SSSR count). The van der Waals surface area contributed by atoms with Gasteiger partial charge in [0, 0.05) is 28.8 Å². The minimum absolute atomic E-state index is 0.0606. The molecule has 0 saturated carbocycles. The molecule has 8 aromatic carbocycles. The molecule has 2 aliphatic carbocycles. The first-order valence-corrected chi connectivity index (χ1v) is 26.6. The fraction of sp³-hybridized carbons (Fsp3) is 0.157. The van der Waals surface area contributed by atoms with Crippen LogP contribution in [-0.4, -0.2) is 14.5 Å². The molecule has 0 saturated heterocycles. The van der Waals surface area contributed by atoms with E-state index in [0.29, 0.717) is 17.2 Å². The van der Waals surface area contributed by atoms with E-state index < -0.39 is 10.8 Å². The van der Waals surface area contributed by atoms with Crippen LogP contribution in [-0.2, 0) is 16.2 Å². The predicted molar refractivity (Wildman–Crippen MR) is 306 cm³/mol. The lowest BCUT2D eigenvalue weighted by Gasteiger charge is -2.51. The smallest absolute Gasteiger partial charge is 0.198 e. The largest absolute Gasteiger partial charge is 0.294 e. The number of fused-ring (bicyclic) bond motifs is 22. The zero-order valence-electron chi connectivity index (χ0n) is 43.0. The standard InChI is InChI=1S/C46H32N2.C24H22N2O/c1-28(2)29-24-25-38-42(27-29)48-43-39(45(38)34-17-7-3-13-30(34)31-14-4-8-18-35(31)45)21-11-22-40(43)46(41-23-12-26-47-44(41)48)36-19-9-5-15-32(36)33-16-6-10-20-37(33)46;1-14(2)15-10-11-18-20(13-15)26-21-16(7-5-9-19(21)24(18,3)4)22(27)17-8-6-12-25-23(17)26/h3-28H,1-2H3;5-14H,1-4H3. The van der Waals surface area contributed by atoms with E-state index in [2.05, 4.69) is 226 Å². The molecule has 0 fully saturated rings. The van der Waals surface area contributed by atoms with Crippen molar-refractivity contribution < 1.29 is 0 Å². The first-order valence-electron chi connectivity index (χ1n) is 26.6. The summed E-state index contributed by atoms with van der Waals surface area (Å²) in [6, 6.07) is 71.6. The highest BCUT2D eigenvalue weighted by molar-refractivity contribution is 6.02. The number of anilines is 3. The molecule has 2 spiro atoms. The second-order valence-corrected chi connectivity index (χ2v) is 22.3. The molecule has 0 atom stereocenters. The number of rotatable bonds is 2. The lowest BCUT2D eigenvalue weighted by atomic mass is 9.59. The van der Waals surface area contributed by atoms with Crippen molar-refractivity contribution in [1.29, 1.82) is 0 Å². The van der Waals surface area contributed by atoms with Gasteiger partial charge in [-0.2, -0.15) is 0 Å². The Hall–Kier alpha value is -8.67. The van der Waals surface area contributed by atoms with Gasteiger partial charge in [0.05, 0.1) is 38.8 Å². The van der Waals surface area contributed by atoms with Gasteiger partial charge in [0.1, 0.15) is 11.5 Å². The van der Waals surface area contributed by atoms with Crippen molar-refractivity contribution in [2.24, 2.45) is 0 Å². The third-order valence-electron chi connectivity index (χ3n) is 17.7. The van der Waals surface area contributed by atoms with Gasteiger partial charge in [-0.15, -0.1) is 0 Å². The Bertz CT molecular complexity index is 4240. The summed E-state index contributed by atoms with van der Waals surface area (Å²) in [5, 5.41) is 1.43. The average Bonchev–Trinajstić information content (AvgIpc) is 4.09. The van der Waals surface area contributed by atoms with Gasteiger partial charge >= 0.3 is 0 Å². The summed E-state index contributed by atoms with van der Waals surface area (Å²) in [4.78, 5) is 25.6. The first kappa shape index (κ1) is 43.9. The fourth-order valence-corrected chi connectivity index (χ4v) is 14.4. The highest BCUT2D eigenvalue weighted by Gasteiger charge is 2.58. The summed E-state index contributed by atoms with van der Waals surface area (Å²) in [5.41, 5.74) is 25.1. The van der Waals surface area contributed by atoms with Crippen LogP contribution in [0.15, 0.2) is 211 Å². The minimum Gasteiger partial charge on any atom is -0.294 e. The third-order valence-corrected chi connectivity index (χ3v) is 17.7. The van der Waals surface area contributed by atoms with Crippen LogP contribution < -0.4 is 10.3 Å². The maximum atomic E-state index is 13.2. The summed E-state index contributed by atoms with van der Waals surface area (Å²) >= 11 is 0. The molecule has 0 amide bonds. The van der Waals surface area contributed by atoms with Crippen LogP contribution in [0.2, 0.25) is 0 Å². The number of aromatic nitrogens is 3. The Balaban J connectivity index is 0.000000155. The van der Waals surface area contributed by atoms with Crippen LogP contribution in [0.25, 0.3) is 49.9 Å². The summed E-state index contributed by atoms with van der Waals surface area (Å²) < 4.78 is 2.20. The van der Waals surface area contributed by atoms with Crippen LogP contribution in [0.3, 0.4) is 0 Å². The van der Waals surface area contributed by atoms with E-state index in [9.17, 15) is 4.79 Å². The summed E-state index contributed by atoms with van der Waals surface area (Å²) in [5.74, 6) is 1.84. The van der Waals surface area contributed by atoms with E-state index in [1.54, 1.807) is 6.20 Å². The van der Waals surface area contributed by atoms with Crippen molar-refractivity contribution in [2.75, 3.05) is 4.90 Å². The second kappa shape index (κ2) is 15.4. The van der Waals surface area contributed by atoms with Crippen molar-refractivity contribution in [2.45, 2.75) is 69.6 Å². The molecule has 5 heteroatoms. The molecule has 5 nitrogen and oxygen atoms in total. The van der Waals surface area contributed by atoms with Gasteiger partial charge in [-0.05, 0) is 132 Å². The molecule has 11 aromatic rings. The van der Waals surface area contributed by atoms with Crippen LogP contribution >= 0.6 is 0 Å². The SMILES string of the molecule is CC(C)c1ccc2c(c1)-n1c3ncccc3c(=O)c3cccc(c31)C2(C)C.CC(C)c1ccc2c(c1)N1c3ncccc3C3(c4ccccc4-c4ccccc43)c3cccc(c31)C21c2ccccc2-c2ccccc21. The number of hydrogen-bond donors (Lipinski definition) is 0. The predicted octanol–water partition coefficient (Wildman–Crippen LogP) is 16.3. The highest BCUT2D eigenvalue weighted by Crippen LogP contribution is 2.70. The molecule has 6 heterocycles. The first-order chi connectivity index (χ1) is 36.6. The van der Waals surface area contributed by atoms with E-state index >= 15 is 0 Å². The summed E-state index contributed by atoms with van der Waals surface area (Å²) in [6.07, 6.45) is 3.74. The van der Waals surface area contributed by atoms with Gasteiger partial charge in [-0.25, -0.2) is 9.97 Å². The number of pyridine rings is 3. The summed E-state index contributed by atoms with van der Waals surface area (Å²) in [7, 11) is 0. The molecule has 3 aliphatic heterocycles. The van der Waals surface area contributed by atoms with Gasteiger partial charge in [-0.1, -0.05) is 199 Å². The van der Waals surface area contributed by atoms with Crippen LogP contribution in [0.5, 0.6) is 0 Å². The Morgan fingerprint density at radius 2 is 0.867 bits per heavy atom. The van der Waals surface area contributed by atoms with Crippen molar-refractivity contribution in [3.8, 4) is 27.9 Å². The quantitative estimate of drug-likeness (QED) is 0.162. The lowest BCUT2D eigenvalue weighted by Crippen LogP contribution is -2.43. The molecule has 360 valence electrons. The maximum absolute atomic E-state index is 13.2. The maximum Gasteiger partial charge on any atom is 0.198 e. The Morgan fingerprint density at radius 3 is 1.45 bits per heavy atom. The monoisotopic (exact) mass is 966 g/mol. The van der Waals surface area contributed by atoms with E-state index in [-0.39, 0.29) is 10.8 Å². The number of para-hydroxylation sites is 2. The van der Waals surface area contributed by atoms with Crippen LogP contribution in [0, 0.1) is 0 Å². The van der Waals surface area contributed by atoms with E-state index in [1.807, 2.05) is 30.5 Å². The Kier molecular flexibility index (Phi) is 9.03. The molecular formula is C70H54N4O. The average molecular weight is 967 g/mol. The van der Waals surface area contributed by atoms with E-state index in [0.717, 1.165) is 28.1 Å². The normalized spacial score (nSPS) is 15.4. The molecule has 5 aliphatic rings. The molecule has 3 aromatic heterocycles. The van der Waals surface area contributed by atoms with Gasteiger partial charge in [-0.3, -0.25) is 14.3 Å². The van der Waals surface area contributed by atoms with Gasteiger partial charge in [0.25, 0.3) is 0 Å². The van der Waals surface area contributed by atoms with Crippen molar-refractivity contribution in [3.05, 3.63) is 284 Å². The number of nitrogens with zero attached hydrogens (tertiary/aromatic N) is 4. The minimum atomic E-state index is -0.509. The van der Waals surface area contributed by atoms with Gasteiger partial charge in [0.2, 0.25) is 0 Å². The van der Waals surface area contributed by atoms with Crippen LogP contribution in [0.1, 0.15) is 120 Å². The molecule has 0 bridgehead atoms. The van der Waals surface area contributed by atoms with Gasteiger partial charge in [0.15, 0.2) is 5.43 Å². The zero-order chi connectivity index (χ0) is 50.7. The third kappa shape index (κ3) is 5.45. The zero-order valence-corrected chi connectivity index (χ0v) is 43.0. The lowest BCUT2D eigenvalue weighted by molar-refractivity contribution is 0.627. The molecule has 0 N–H and O–H groups in total. The number of benzene rings is 8. The summed E-state index contributed by atoms with van der Waals surface area (Å²) in [6.45, 7) is 13.5. The molecule has 0 radical (unpaired) electrons. The van der Waals surface area contributed by atoms with Crippen molar-refractivity contribution in [1.82, 2.24) is 14.5 Å².